The van der Waals surface area contributed by atoms with Crippen molar-refractivity contribution in [1.82, 2.24) is 30.2 Å². The number of carbonyl (C=O) groups is 6. The lowest BCUT2D eigenvalue weighted by atomic mass is 10.1. The number of amides is 5. The fourth-order valence-electron chi connectivity index (χ4n) is 5.10. The van der Waals surface area contributed by atoms with Gasteiger partial charge in [-0.2, -0.15) is 0 Å². The van der Waals surface area contributed by atoms with Crippen LogP contribution < -0.4 is 15.4 Å². The van der Waals surface area contributed by atoms with E-state index in [9.17, 15) is 33.2 Å². The van der Waals surface area contributed by atoms with Crippen molar-refractivity contribution in [3.8, 4) is 5.75 Å². The molecule has 3 atom stereocenters. The molecule has 0 radical (unpaired) electrons. The van der Waals surface area contributed by atoms with Gasteiger partial charge in [-0.15, -0.1) is 0 Å². The van der Waals surface area contributed by atoms with Crippen LogP contribution in [0, 0.1) is 5.82 Å². The van der Waals surface area contributed by atoms with Crippen LogP contribution >= 0.6 is 0 Å². The van der Waals surface area contributed by atoms with Gasteiger partial charge in [0, 0.05) is 39.6 Å². The van der Waals surface area contributed by atoms with E-state index in [0.29, 0.717) is 6.42 Å². The predicted octanol–water partition coefficient (Wildman–Crippen LogP) is -0.864. The zero-order valence-corrected chi connectivity index (χ0v) is 24.8. The average Bonchev–Trinajstić information content (AvgIpc) is 3.32. The Morgan fingerprint density at radius 2 is 1.86 bits per heavy atom. The first-order chi connectivity index (χ1) is 20.3. The Bertz CT molecular complexity index is 1240. The number of ether oxygens (including phenoxy) is 1. The largest absolute Gasteiger partial charge is 0.491 e. The second-order valence-corrected chi connectivity index (χ2v) is 11.0. The molecule has 1 aromatic rings. The summed E-state index contributed by atoms with van der Waals surface area (Å²) in [5.74, 6) is -4.30. The Morgan fingerprint density at radius 3 is 2.53 bits per heavy atom. The van der Waals surface area contributed by atoms with Crippen molar-refractivity contribution in [2.75, 3.05) is 61.0 Å². The van der Waals surface area contributed by atoms with Gasteiger partial charge in [-0.25, -0.2) is 4.39 Å². The summed E-state index contributed by atoms with van der Waals surface area (Å²) in [7, 11) is 6.30. The highest BCUT2D eigenvalue weighted by Crippen LogP contribution is 2.26. The number of hydrogen-bond donors (Lipinski definition) is 3. The number of aliphatic carboxylic acids is 1. The van der Waals surface area contributed by atoms with Gasteiger partial charge in [0.15, 0.2) is 0 Å². The standard InChI is InChI=1S/C28H39FN6O8/c1-32(2)14-23(36)31-18-12-19-16-43-22-7-5-17(29)11-20(22)28(42)34(4)21(27(41)30-10-9-26(39)40)6-8-24(37)33(3)15-25(38)35(19)13-18/h5,7,11,18-19,21H,6,8-10,12-16H2,1-4H3,(H,30,41)(H,31,36)(H,39,40)/t18-,19-,21-/m0/s1. The van der Waals surface area contributed by atoms with E-state index < -0.39 is 41.6 Å². The zero-order chi connectivity index (χ0) is 31.8. The highest BCUT2D eigenvalue weighted by Gasteiger charge is 2.38. The Morgan fingerprint density at radius 1 is 1.14 bits per heavy atom. The minimum atomic E-state index is -1.20. The van der Waals surface area contributed by atoms with Gasteiger partial charge in [0.1, 0.15) is 24.2 Å². The average molecular weight is 607 g/mol. The summed E-state index contributed by atoms with van der Waals surface area (Å²) in [4.78, 5) is 81.8. The Kier molecular flexibility index (Phi) is 11.4. The lowest BCUT2D eigenvalue weighted by molar-refractivity contribution is -0.140. The van der Waals surface area contributed by atoms with Crippen LogP contribution in [0.25, 0.3) is 0 Å². The summed E-state index contributed by atoms with van der Waals surface area (Å²) < 4.78 is 20.3. The molecule has 0 bridgehead atoms. The number of nitrogens with zero attached hydrogens (tertiary/aromatic N) is 4. The van der Waals surface area contributed by atoms with Crippen LogP contribution in [0.4, 0.5) is 4.39 Å². The number of carboxylic acids is 1. The van der Waals surface area contributed by atoms with Gasteiger partial charge < -0.3 is 40.1 Å². The Balaban J connectivity index is 1.92. The topological polar surface area (TPSA) is 169 Å². The molecular weight excluding hydrogens is 567 g/mol. The van der Waals surface area contributed by atoms with Crippen molar-refractivity contribution in [2.24, 2.45) is 0 Å². The molecule has 43 heavy (non-hydrogen) atoms. The molecule has 2 aliphatic heterocycles. The van der Waals surface area contributed by atoms with Crippen LogP contribution in [-0.4, -0.2) is 139 Å². The van der Waals surface area contributed by atoms with E-state index in [1.165, 1.54) is 30.0 Å². The number of carboxylic acid groups (broad SMARTS) is 1. The van der Waals surface area contributed by atoms with Crippen molar-refractivity contribution in [2.45, 2.75) is 43.8 Å². The molecule has 3 N–H and O–H groups in total. The quantitative estimate of drug-likeness (QED) is 0.358. The van der Waals surface area contributed by atoms with E-state index >= 15 is 0 Å². The van der Waals surface area contributed by atoms with E-state index in [4.69, 9.17) is 9.84 Å². The highest BCUT2D eigenvalue weighted by atomic mass is 19.1. The molecule has 14 nitrogen and oxygen atoms in total. The first-order valence-corrected chi connectivity index (χ1v) is 13.9. The molecule has 2 aliphatic rings. The summed E-state index contributed by atoms with van der Waals surface area (Å²) >= 11 is 0. The molecule has 0 aliphatic carbocycles. The van der Waals surface area contributed by atoms with Crippen LogP contribution in [0.5, 0.6) is 5.75 Å². The number of benzene rings is 1. The SMILES string of the molecule is CN(C)CC(=O)N[C@H]1C[C@H]2COc3ccc(F)cc3C(=O)N(C)[C@H](C(=O)NCCC(=O)O)CCC(=O)N(C)CC(=O)N2C1. The third-order valence-corrected chi connectivity index (χ3v) is 7.32. The van der Waals surface area contributed by atoms with Crippen LogP contribution in [0.2, 0.25) is 0 Å². The van der Waals surface area contributed by atoms with Crippen molar-refractivity contribution < 1.29 is 43.0 Å². The molecule has 3 rings (SSSR count). The molecule has 1 fully saturated rings. The normalized spacial score (nSPS) is 21.9. The first kappa shape index (κ1) is 33.2. The van der Waals surface area contributed by atoms with Gasteiger partial charge in [0.25, 0.3) is 5.91 Å². The molecule has 1 saturated heterocycles. The molecule has 1 aromatic carbocycles. The molecule has 0 unspecified atom stereocenters. The smallest absolute Gasteiger partial charge is 0.305 e. The van der Waals surface area contributed by atoms with E-state index in [-0.39, 0.29) is 81.2 Å². The summed E-state index contributed by atoms with van der Waals surface area (Å²) in [6.07, 6.45) is -0.348. The lowest BCUT2D eigenvalue weighted by Crippen LogP contribution is -2.49. The van der Waals surface area contributed by atoms with E-state index in [1.54, 1.807) is 19.0 Å². The van der Waals surface area contributed by atoms with Gasteiger partial charge in [-0.05, 0) is 45.1 Å². The summed E-state index contributed by atoms with van der Waals surface area (Å²) in [5.41, 5.74) is -0.170. The maximum atomic E-state index is 14.3. The molecule has 15 heteroatoms. The van der Waals surface area contributed by atoms with Crippen molar-refractivity contribution in [3.63, 3.8) is 0 Å². The number of rotatable bonds is 7. The number of nitrogens with one attached hydrogen (secondary N) is 2. The molecular formula is C28H39FN6O8. The summed E-state index contributed by atoms with van der Waals surface area (Å²) in [6, 6.07) is 1.28. The van der Waals surface area contributed by atoms with Gasteiger partial charge in [-0.1, -0.05) is 0 Å². The van der Waals surface area contributed by atoms with Crippen molar-refractivity contribution in [1.29, 1.82) is 0 Å². The van der Waals surface area contributed by atoms with E-state index in [1.807, 2.05) is 0 Å². The fourth-order valence-corrected chi connectivity index (χ4v) is 5.10. The number of hydrogen-bond acceptors (Lipinski definition) is 8. The number of carbonyl (C=O) groups excluding carboxylic acids is 5. The number of fused-ring (bicyclic) bond motifs is 2. The zero-order valence-electron chi connectivity index (χ0n) is 24.8. The Hall–Kier alpha value is -4.27. The predicted molar refractivity (Wildman–Crippen MR) is 151 cm³/mol. The molecule has 0 saturated carbocycles. The second-order valence-electron chi connectivity index (χ2n) is 11.0. The molecule has 5 amide bonds. The Labute approximate surface area is 249 Å². The molecule has 0 aromatic heterocycles. The minimum absolute atomic E-state index is 0.0267. The van der Waals surface area contributed by atoms with E-state index in [0.717, 1.165) is 17.0 Å². The summed E-state index contributed by atoms with van der Waals surface area (Å²) in [5, 5.41) is 14.3. The van der Waals surface area contributed by atoms with Crippen molar-refractivity contribution >= 4 is 35.5 Å². The number of likely N-dealkylation sites (N-methyl/N-ethyl adjacent to an activating group) is 3. The van der Waals surface area contributed by atoms with Crippen LogP contribution in [0.1, 0.15) is 36.0 Å². The molecule has 0 spiro atoms. The second kappa shape index (κ2) is 14.8. The molecule has 236 valence electrons. The third-order valence-electron chi connectivity index (χ3n) is 7.32. The van der Waals surface area contributed by atoms with Gasteiger partial charge >= 0.3 is 5.97 Å². The third kappa shape index (κ3) is 9.11. The van der Waals surface area contributed by atoms with Gasteiger partial charge in [-0.3, -0.25) is 28.8 Å². The van der Waals surface area contributed by atoms with Crippen molar-refractivity contribution in [3.05, 3.63) is 29.6 Å². The molecule has 2 heterocycles. The van der Waals surface area contributed by atoms with Gasteiger partial charge in [0.2, 0.25) is 23.6 Å². The van der Waals surface area contributed by atoms with Crippen LogP contribution in [0.15, 0.2) is 18.2 Å². The van der Waals surface area contributed by atoms with Gasteiger partial charge in [0.05, 0.1) is 31.1 Å². The van der Waals surface area contributed by atoms with E-state index in [2.05, 4.69) is 10.6 Å². The first-order valence-electron chi connectivity index (χ1n) is 13.9. The monoisotopic (exact) mass is 606 g/mol. The van der Waals surface area contributed by atoms with Crippen LogP contribution in [-0.2, 0) is 24.0 Å². The highest BCUT2D eigenvalue weighted by molar-refractivity contribution is 5.99. The summed E-state index contributed by atoms with van der Waals surface area (Å²) in [6.45, 7) is -0.199. The maximum absolute atomic E-state index is 14.3. The van der Waals surface area contributed by atoms with Crippen LogP contribution in [0.3, 0.4) is 0 Å². The maximum Gasteiger partial charge on any atom is 0.305 e. The minimum Gasteiger partial charge on any atom is -0.491 e. The fraction of sp³-hybridized carbons (Fsp3) is 0.571. The number of halogens is 1. The lowest BCUT2D eigenvalue weighted by Gasteiger charge is -2.28.